The van der Waals surface area contributed by atoms with Gasteiger partial charge in [-0.25, -0.2) is 4.98 Å². The minimum Gasteiger partial charge on any atom is -0.475 e. The van der Waals surface area contributed by atoms with Gasteiger partial charge in [0.25, 0.3) is 0 Å². The molecule has 0 aliphatic carbocycles. The van der Waals surface area contributed by atoms with Crippen LogP contribution in [0, 0.1) is 12.8 Å². The van der Waals surface area contributed by atoms with Crippen molar-refractivity contribution in [2.45, 2.75) is 46.1 Å². The molecule has 0 saturated carbocycles. The molecule has 2 nitrogen and oxygen atoms in total. The van der Waals surface area contributed by atoms with Gasteiger partial charge in [0.15, 0.2) is 0 Å². The van der Waals surface area contributed by atoms with Gasteiger partial charge < -0.3 is 4.74 Å². The molecule has 0 radical (unpaired) electrons. The van der Waals surface area contributed by atoms with E-state index < -0.39 is 0 Å². The molecule has 0 aliphatic heterocycles. The molecule has 0 aliphatic rings. The molecular formula is C13H20ClNO. The SMILES string of the molecule is Cc1cc(CCl)cc(OC(C)CC(C)C)n1. The van der Waals surface area contributed by atoms with Crippen LogP contribution in [0.15, 0.2) is 12.1 Å². The van der Waals surface area contributed by atoms with E-state index in [-0.39, 0.29) is 6.10 Å². The van der Waals surface area contributed by atoms with Crippen molar-refractivity contribution >= 4 is 11.6 Å². The lowest BCUT2D eigenvalue weighted by molar-refractivity contribution is 0.185. The van der Waals surface area contributed by atoms with Crippen molar-refractivity contribution in [3.05, 3.63) is 23.4 Å². The molecule has 0 N–H and O–H groups in total. The van der Waals surface area contributed by atoms with Crippen molar-refractivity contribution in [3.8, 4) is 5.88 Å². The summed E-state index contributed by atoms with van der Waals surface area (Å²) in [5.74, 6) is 1.81. The topological polar surface area (TPSA) is 22.1 Å². The molecule has 0 aromatic carbocycles. The Bertz CT molecular complexity index is 339. The lowest BCUT2D eigenvalue weighted by atomic mass is 10.1. The first-order valence-electron chi connectivity index (χ1n) is 5.71. The summed E-state index contributed by atoms with van der Waals surface area (Å²) in [5, 5.41) is 0. The molecule has 0 bridgehead atoms. The van der Waals surface area contributed by atoms with Crippen LogP contribution in [0.1, 0.15) is 38.4 Å². The number of hydrogen-bond donors (Lipinski definition) is 0. The second-order valence-corrected chi connectivity index (χ2v) is 4.91. The number of alkyl halides is 1. The highest BCUT2D eigenvalue weighted by Crippen LogP contribution is 2.17. The van der Waals surface area contributed by atoms with E-state index in [0.717, 1.165) is 17.7 Å². The Morgan fingerprint density at radius 1 is 1.31 bits per heavy atom. The molecule has 0 saturated heterocycles. The number of aryl methyl sites for hydroxylation is 1. The summed E-state index contributed by atoms with van der Waals surface area (Å²) in [5.41, 5.74) is 2.01. The van der Waals surface area contributed by atoms with Gasteiger partial charge in [0.2, 0.25) is 5.88 Å². The minimum absolute atomic E-state index is 0.192. The van der Waals surface area contributed by atoms with Crippen molar-refractivity contribution in [2.75, 3.05) is 0 Å². The zero-order chi connectivity index (χ0) is 12.1. The van der Waals surface area contributed by atoms with E-state index in [1.54, 1.807) is 0 Å². The Morgan fingerprint density at radius 3 is 2.56 bits per heavy atom. The maximum absolute atomic E-state index is 5.81. The highest BCUT2D eigenvalue weighted by atomic mass is 35.5. The Balaban J connectivity index is 2.69. The van der Waals surface area contributed by atoms with Crippen molar-refractivity contribution in [2.24, 2.45) is 5.92 Å². The monoisotopic (exact) mass is 241 g/mol. The molecule has 1 unspecified atom stereocenters. The molecular weight excluding hydrogens is 222 g/mol. The third-order valence-corrected chi connectivity index (χ3v) is 2.58. The average Bonchev–Trinajstić information content (AvgIpc) is 2.14. The number of aromatic nitrogens is 1. The van der Waals surface area contributed by atoms with Gasteiger partial charge in [0, 0.05) is 17.6 Å². The summed E-state index contributed by atoms with van der Waals surface area (Å²) in [6.45, 7) is 8.40. The largest absolute Gasteiger partial charge is 0.475 e. The summed E-state index contributed by atoms with van der Waals surface area (Å²) in [7, 11) is 0. The van der Waals surface area contributed by atoms with Crippen LogP contribution in [0.4, 0.5) is 0 Å². The Hall–Kier alpha value is -0.760. The third-order valence-electron chi connectivity index (χ3n) is 2.27. The van der Waals surface area contributed by atoms with E-state index in [1.165, 1.54) is 0 Å². The standard InChI is InChI=1S/C13H20ClNO/c1-9(2)5-11(4)16-13-7-12(8-14)6-10(3)15-13/h6-7,9,11H,5,8H2,1-4H3. The number of pyridine rings is 1. The number of ether oxygens (including phenoxy) is 1. The van der Waals surface area contributed by atoms with Crippen LogP contribution < -0.4 is 4.74 Å². The van der Waals surface area contributed by atoms with Gasteiger partial charge in [-0.3, -0.25) is 0 Å². The normalized spacial score (nSPS) is 12.9. The van der Waals surface area contributed by atoms with Crippen LogP contribution in [0.3, 0.4) is 0 Å². The molecule has 1 atom stereocenters. The van der Waals surface area contributed by atoms with Gasteiger partial charge in [-0.05, 0) is 37.8 Å². The van der Waals surface area contributed by atoms with E-state index in [0.29, 0.717) is 17.7 Å². The fourth-order valence-electron chi connectivity index (χ4n) is 1.76. The maximum Gasteiger partial charge on any atom is 0.214 e. The van der Waals surface area contributed by atoms with Crippen LogP contribution in [0.25, 0.3) is 0 Å². The summed E-state index contributed by atoms with van der Waals surface area (Å²) in [6, 6.07) is 3.89. The second-order valence-electron chi connectivity index (χ2n) is 4.65. The van der Waals surface area contributed by atoms with Crippen LogP contribution in [-0.2, 0) is 5.88 Å². The highest BCUT2D eigenvalue weighted by molar-refractivity contribution is 6.17. The minimum atomic E-state index is 0.192. The predicted molar refractivity (Wildman–Crippen MR) is 68.1 cm³/mol. The molecule has 1 rings (SSSR count). The van der Waals surface area contributed by atoms with E-state index >= 15 is 0 Å². The summed E-state index contributed by atoms with van der Waals surface area (Å²) in [4.78, 5) is 4.35. The van der Waals surface area contributed by atoms with Gasteiger partial charge >= 0.3 is 0 Å². The number of halogens is 1. The number of nitrogens with zero attached hydrogens (tertiary/aromatic N) is 1. The maximum atomic E-state index is 5.81. The quantitative estimate of drug-likeness (QED) is 0.729. The average molecular weight is 242 g/mol. The van der Waals surface area contributed by atoms with Crippen molar-refractivity contribution in [1.82, 2.24) is 4.98 Å². The smallest absolute Gasteiger partial charge is 0.214 e. The fourth-order valence-corrected chi connectivity index (χ4v) is 1.92. The molecule has 90 valence electrons. The van der Waals surface area contributed by atoms with Crippen LogP contribution >= 0.6 is 11.6 Å². The number of hydrogen-bond acceptors (Lipinski definition) is 2. The molecule has 0 amide bonds. The Morgan fingerprint density at radius 2 is 2.00 bits per heavy atom. The van der Waals surface area contributed by atoms with E-state index in [2.05, 4.69) is 25.8 Å². The zero-order valence-electron chi connectivity index (χ0n) is 10.5. The van der Waals surface area contributed by atoms with Gasteiger partial charge in [-0.2, -0.15) is 0 Å². The van der Waals surface area contributed by atoms with Gasteiger partial charge in [0.1, 0.15) is 0 Å². The lowest BCUT2D eigenvalue weighted by Gasteiger charge is -2.16. The molecule has 1 aromatic rings. The van der Waals surface area contributed by atoms with Gasteiger partial charge in [-0.15, -0.1) is 11.6 Å². The molecule has 0 spiro atoms. The van der Waals surface area contributed by atoms with Crippen molar-refractivity contribution < 1.29 is 4.74 Å². The fraction of sp³-hybridized carbons (Fsp3) is 0.615. The highest BCUT2D eigenvalue weighted by Gasteiger charge is 2.08. The van der Waals surface area contributed by atoms with Crippen LogP contribution in [-0.4, -0.2) is 11.1 Å². The van der Waals surface area contributed by atoms with E-state index in [4.69, 9.17) is 16.3 Å². The Kier molecular flexibility index (Phi) is 5.07. The molecule has 16 heavy (non-hydrogen) atoms. The molecule has 1 heterocycles. The van der Waals surface area contributed by atoms with Crippen LogP contribution in [0.2, 0.25) is 0 Å². The van der Waals surface area contributed by atoms with Gasteiger partial charge in [0.05, 0.1) is 6.10 Å². The predicted octanol–water partition coefficient (Wildman–Crippen LogP) is 3.94. The summed E-state index contributed by atoms with van der Waals surface area (Å²) >= 11 is 5.81. The first kappa shape index (κ1) is 13.3. The van der Waals surface area contributed by atoms with Crippen LogP contribution in [0.5, 0.6) is 5.88 Å². The van der Waals surface area contributed by atoms with E-state index in [1.807, 2.05) is 19.1 Å². The first-order chi connectivity index (χ1) is 7.51. The molecule has 3 heteroatoms. The molecule has 1 aromatic heterocycles. The van der Waals surface area contributed by atoms with Gasteiger partial charge in [-0.1, -0.05) is 13.8 Å². The summed E-state index contributed by atoms with van der Waals surface area (Å²) in [6.07, 6.45) is 1.23. The Labute approximate surface area is 103 Å². The van der Waals surface area contributed by atoms with Crippen molar-refractivity contribution in [1.29, 1.82) is 0 Å². The zero-order valence-corrected chi connectivity index (χ0v) is 11.2. The van der Waals surface area contributed by atoms with E-state index in [9.17, 15) is 0 Å². The lowest BCUT2D eigenvalue weighted by Crippen LogP contribution is -2.15. The second kappa shape index (κ2) is 6.09. The summed E-state index contributed by atoms with van der Waals surface area (Å²) < 4.78 is 5.78. The molecule has 0 fully saturated rings. The first-order valence-corrected chi connectivity index (χ1v) is 6.25. The third kappa shape index (κ3) is 4.40. The van der Waals surface area contributed by atoms with Crippen molar-refractivity contribution in [3.63, 3.8) is 0 Å². The number of rotatable bonds is 5.